The van der Waals surface area contributed by atoms with E-state index in [2.05, 4.69) is 46.3 Å². The minimum absolute atomic E-state index is 0.179. The summed E-state index contributed by atoms with van der Waals surface area (Å²) in [7, 11) is 0. The molecule has 2 N–H and O–H groups in total. The summed E-state index contributed by atoms with van der Waals surface area (Å²) in [6.45, 7) is 9.05. The van der Waals surface area contributed by atoms with Gasteiger partial charge in [-0.15, -0.1) is 0 Å². The second-order valence-corrected chi connectivity index (χ2v) is 6.66. The molecule has 1 saturated heterocycles. The smallest absolute Gasteiger partial charge is 0.220 e. The summed E-state index contributed by atoms with van der Waals surface area (Å²) >= 11 is 0. The zero-order valence-corrected chi connectivity index (χ0v) is 15.2. The van der Waals surface area contributed by atoms with Crippen LogP contribution < -0.4 is 15.5 Å². The van der Waals surface area contributed by atoms with Crippen LogP contribution in [0.1, 0.15) is 52.9 Å². The first-order chi connectivity index (χ1) is 11.6. The molecule has 0 unspecified atom stereocenters. The van der Waals surface area contributed by atoms with Gasteiger partial charge in [0, 0.05) is 38.2 Å². The lowest BCUT2D eigenvalue weighted by molar-refractivity contribution is -0.122. The quantitative estimate of drug-likeness (QED) is 0.765. The van der Waals surface area contributed by atoms with Gasteiger partial charge < -0.3 is 15.5 Å². The molecule has 1 aliphatic rings. The van der Waals surface area contributed by atoms with E-state index in [-0.39, 0.29) is 11.9 Å². The van der Waals surface area contributed by atoms with Crippen LogP contribution in [0.3, 0.4) is 0 Å². The average molecular weight is 333 g/mol. The topological polar surface area (TPSA) is 70.2 Å². The van der Waals surface area contributed by atoms with Crippen LogP contribution in [0.4, 0.5) is 11.6 Å². The molecule has 24 heavy (non-hydrogen) atoms. The fraction of sp³-hybridized carbons (Fsp3) is 0.722. The van der Waals surface area contributed by atoms with Gasteiger partial charge >= 0.3 is 0 Å². The molecule has 0 radical (unpaired) electrons. The third-order valence-electron chi connectivity index (χ3n) is 4.65. The number of nitrogens with zero attached hydrogens (tertiary/aromatic N) is 3. The lowest BCUT2D eigenvalue weighted by Crippen LogP contribution is -2.37. The molecule has 134 valence electrons. The number of hydrogen-bond donors (Lipinski definition) is 2. The first-order valence-electron chi connectivity index (χ1n) is 9.22. The Morgan fingerprint density at radius 3 is 3.00 bits per heavy atom. The second-order valence-electron chi connectivity index (χ2n) is 6.66. The largest absolute Gasteiger partial charge is 0.370 e. The van der Waals surface area contributed by atoms with Crippen molar-refractivity contribution in [3.63, 3.8) is 0 Å². The Balaban J connectivity index is 1.85. The van der Waals surface area contributed by atoms with Gasteiger partial charge in [0.1, 0.15) is 18.0 Å². The highest BCUT2D eigenvalue weighted by molar-refractivity contribution is 5.76. The molecule has 0 aromatic carbocycles. The lowest BCUT2D eigenvalue weighted by Gasteiger charge is -2.33. The van der Waals surface area contributed by atoms with Gasteiger partial charge in [-0.2, -0.15) is 0 Å². The molecule has 1 amide bonds. The SMILES string of the molecule is CCNc1cc(N2CCC[C@@H](CCC(=O)N[C@@H](C)CC)C2)ncn1. The van der Waals surface area contributed by atoms with Gasteiger partial charge in [0.2, 0.25) is 5.91 Å². The van der Waals surface area contributed by atoms with Crippen molar-refractivity contribution < 1.29 is 4.79 Å². The third kappa shape index (κ3) is 5.65. The summed E-state index contributed by atoms with van der Waals surface area (Å²) in [4.78, 5) is 22.9. The van der Waals surface area contributed by atoms with E-state index >= 15 is 0 Å². The molecular formula is C18H31N5O. The number of rotatable bonds is 8. The van der Waals surface area contributed by atoms with Crippen LogP contribution >= 0.6 is 0 Å². The molecule has 2 rings (SSSR count). The van der Waals surface area contributed by atoms with Crippen molar-refractivity contribution in [2.45, 2.75) is 58.9 Å². The molecule has 1 aromatic rings. The highest BCUT2D eigenvalue weighted by Gasteiger charge is 2.22. The molecule has 2 heterocycles. The minimum Gasteiger partial charge on any atom is -0.370 e. The van der Waals surface area contributed by atoms with E-state index in [1.54, 1.807) is 6.33 Å². The van der Waals surface area contributed by atoms with Crippen LogP contribution in [0.25, 0.3) is 0 Å². The second kappa shape index (κ2) is 9.45. The van der Waals surface area contributed by atoms with Gasteiger partial charge in [-0.1, -0.05) is 6.92 Å². The standard InChI is InChI=1S/C18H31N5O/c1-4-14(3)22-18(24)9-8-15-7-6-10-23(12-15)17-11-16(19-5-2)20-13-21-17/h11,13-15H,4-10,12H2,1-3H3,(H,22,24)(H,19,20,21)/t14-,15-/m0/s1. The maximum Gasteiger partial charge on any atom is 0.220 e. The predicted molar refractivity (Wildman–Crippen MR) is 98.3 cm³/mol. The normalized spacial score (nSPS) is 19.0. The minimum atomic E-state index is 0.179. The Bertz CT molecular complexity index is 522. The van der Waals surface area contributed by atoms with Gasteiger partial charge in [-0.05, 0) is 45.4 Å². The van der Waals surface area contributed by atoms with Crippen LogP contribution in [0.5, 0.6) is 0 Å². The molecule has 6 heteroatoms. The van der Waals surface area contributed by atoms with Gasteiger partial charge in [-0.3, -0.25) is 4.79 Å². The summed E-state index contributed by atoms with van der Waals surface area (Å²) in [6, 6.07) is 2.28. The van der Waals surface area contributed by atoms with E-state index in [1.807, 2.05) is 6.07 Å². The lowest BCUT2D eigenvalue weighted by atomic mass is 9.93. The fourth-order valence-corrected chi connectivity index (χ4v) is 3.09. The van der Waals surface area contributed by atoms with Crippen molar-refractivity contribution in [1.82, 2.24) is 15.3 Å². The fourth-order valence-electron chi connectivity index (χ4n) is 3.09. The first-order valence-corrected chi connectivity index (χ1v) is 9.22. The molecular weight excluding hydrogens is 302 g/mol. The number of aromatic nitrogens is 2. The zero-order chi connectivity index (χ0) is 17.4. The molecule has 1 aromatic heterocycles. The monoisotopic (exact) mass is 333 g/mol. The van der Waals surface area contributed by atoms with Crippen LogP contribution in [-0.2, 0) is 4.79 Å². The van der Waals surface area contributed by atoms with Crippen LogP contribution in [-0.4, -0.2) is 41.6 Å². The van der Waals surface area contributed by atoms with E-state index in [9.17, 15) is 4.79 Å². The first kappa shape index (κ1) is 18.5. The maximum atomic E-state index is 12.0. The summed E-state index contributed by atoms with van der Waals surface area (Å²) in [5.74, 6) is 2.59. The molecule has 0 aliphatic carbocycles. The Morgan fingerprint density at radius 2 is 2.25 bits per heavy atom. The van der Waals surface area contributed by atoms with Gasteiger partial charge in [-0.25, -0.2) is 9.97 Å². The average Bonchev–Trinajstić information content (AvgIpc) is 2.60. The maximum absolute atomic E-state index is 12.0. The van der Waals surface area contributed by atoms with Crippen molar-refractivity contribution in [3.05, 3.63) is 12.4 Å². The number of anilines is 2. The van der Waals surface area contributed by atoms with Gasteiger partial charge in [0.15, 0.2) is 0 Å². The third-order valence-corrected chi connectivity index (χ3v) is 4.65. The summed E-state index contributed by atoms with van der Waals surface area (Å²) in [5.41, 5.74) is 0. The van der Waals surface area contributed by atoms with Crippen molar-refractivity contribution in [3.8, 4) is 0 Å². The van der Waals surface area contributed by atoms with E-state index in [1.165, 1.54) is 6.42 Å². The Hall–Kier alpha value is -1.85. The molecule has 1 fully saturated rings. The summed E-state index contributed by atoms with van der Waals surface area (Å²) < 4.78 is 0. The molecule has 0 saturated carbocycles. The van der Waals surface area contributed by atoms with Crippen molar-refractivity contribution >= 4 is 17.5 Å². The van der Waals surface area contributed by atoms with Crippen molar-refractivity contribution in [2.75, 3.05) is 29.9 Å². The van der Waals surface area contributed by atoms with Crippen LogP contribution in [0.2, 0.25) is 0 Å². The van der Waals surface area contributed by atoms with Crippen LogP contribution in [0.15, 0.2) is 12.4 Å². The summed E-state index contributed by atoms with van der Waals surface area (Å²) in [6.07, 6.45) is 6.51. The Morgan fingerprint density at radius 1 is 1.42 bits per heavy atom. The Labute approximate surface area is 145 Å². The number of amides is 1. The number of nitrogens with one attached hydrogen (secondary N) is 2. The van der Waals surface area contributed by atoms with Gasteiger partial charge in [0.25, 0.3) is 0 Å². The van der Waals surface area contributed by atoms with E-state index in [0.29, 0.717) is 12.3 Å². The number of carbonyl (C=O) groups excluding carboxylic acids is 1. The van der Waals surface area contributed by atoms with Crippen molar-refractivity contribution in [1.29, 1.82) is 0 Å². The van der Waals surface area contributed by atoms with E-state index < -0.39 is 0 Å². The van der Waals surface area contributed by atoms with Crippen LogP contribution in [0, 0.1) is 5.92 Å². The molecule has 0 spiro atoms. The molecule has 2 atom stereocenters. The Kier molecular flexibility index (Phi) is 7.28. The molecule has 6 nitrogen and oxygen atoms in total. The highest BCUT2D eigenvalue weighted by atomic mass is 16.1. The van der Waals surface area contributed by atoms with Gasteiger partial charge in [0.05, 0.1) is 0 Å². The van der Waals surface area contributed by atoms with E-state index in [0.717, 1.165) is 50.5 Å². The number of carbonyl (C=O) groups is 1. The number of hydrogen-bond acceptors (Lipinski definition) is 5. The summed E-state index contributed by atoms with van der Waals surface area (Å²) in [5, 5.41) is 6.28. The van der Waals surface area contributed by atoms with E-state index in [4.69, 9.17) is 0 Å². The highest BCUT2D eigenvalue weighted by Crippen LogP contribution is 2.25. The zero-order valence-electron chi connectivity index (χ0n) is 15.2. The molecule has 1 aliphatic heterocycles. The number of piperidine rings is 1. The molecule has 0 bridgehead atoms. The predicted octanol–water partition coefficient (Wildman–Crippen LogP) is 2.82. The van der Waals surface area contributed by atoms with Crippen molar-refractivity contribution in [2.24, 2.45) is 5.92 Å².